The van der Waals surface area contributed by atoms with Gasteiger partial charge >= 0.3 is 0 Å². The number of amides is 2. The van der Waals surface area contributed by atoms with Crippen LogP contribution in [0.5, 0.6) is 0 Å². The largest absolute Gasteiger partial charge is 0.340 e. The van der Waals surface area contributed by atoms with Gasteiger partial charge < -0.3 is 10.2 Å². The predicted octanol–water partition coefficient (Wildman–Crippen LogP) is 4.05. The molecule has 0 saturated heterocycles. The van der Waals surface area contributed by atoms with Gasteiger partial charge in [-0.05, 0) is 35.6 Å². The van der Waals surface area contributed by atoms with E-state index in [4.69, 9.17) is 0 Å². The second kappa shape index (κ2) is 9.91. The molecule has 4 heteroatoms. The third kappa shape index (κ3) is 5.68. The van der Waals surface area contributed by atoms with Crippen LogP contribution in [0.3, 0.4) is 0 Å². The molecule has 0 saturated carbocycles. The highest BCUT2D eigenvalue weighted by Gasteiger charge is 2.28. The Morgan fingerprint density at radius 1 is 0.963 bits per heavy atom. The van der Waals surface area contributed by atoms with Crippen molar-refractivity contribution in [2.75, 3.05) is 7.05 Å². The molecule has 0 unspecified atom stereocenters. The first-order valence-electron chi connectivity index (χ1n) is 9.64. The maximum atomic E-state index is 13.0. The van der Waals surface area contributed by atoms with E-state index in [1.54, 1.807) is 24.1 Å². The quantitative estimate of drug-likeness (QED) is 0.766. The van der Waals surface area contributed by atoms with Crippen molar-refractivity contribution in [2.24, 2.45) is 5.92 Å². The third-order valence-electron chi connectivity index (χ3n) is 5.03. The number of rotatable bonds is 8. The molecule has 0 aliphatic heterocycles. The molecule has 0 spiro atoms. The van der Waals surface area contributed by atoms with Gasteiger partial charge in [-0.2, -0.15) is 0 Å². The van der Waals surface area contributed by atoms with Crippen LogP contribution >= 0.6 is 0 Å². The van der Waals surface area contributed by atoms with Crippen LogP contribution in [0, 0.1) is 5.92 Å². The normalized spacial score (nSPS) is 12.9. The Kier molecular flexibility index (Phi) is 7.59. The second-order valence-corrected chi connectivity index (χ2v) is 7.07. The van der Waals surface area contributed by atoms with E-state index in [0.29, 0.717) is 12.1 Å². The van der Waals surface area contributed by atoms with E-state index in [1.165, 1.54) is 5.56 Å². The summed E-state index contributed by atoms with van der Waals surface area (Å²) in [6.07, 6.45) is 1.81. The van der Waals surface area contributed by atoms with Crippen molar-refractivity contribution in [3.63, 3.8) is 0 Å². The van der Waals surface area contributed by atoms with Crippen LogP contribution in [0.15, 0.2) is 54.6 Å². The number of carbonyl (C=O) groups excluding carboxylic acids is 2. The van der Waals surface area contributed by atoms with Gasteiger partial charge in [0, 0.05) is 19.2 Å². The highest BCUT2D eigenvalue weighted by Crippen LogP contribution is 2.14. The van der Waals surface area contributed by atoms with Gasteiger partial charge in [0.1, 0.15) is 6.04 Å². The van der Waals surface area contributed by atoms with Crippen LogP contribution in [0.25, 0.3) is 0 Å². The molecule has 27 heavy (non-hydrogen) atoms. The summed E-state index contributed by atoms with van der Waals surface area (Å²) in [5.41, 5.74) is 2.93. The molecule has 0 radical (unpaired) electrons. The van der Waals surface area contributed by atoms with Gasteiger partial charge in [-0.15, -0.1) is 0 Å². The van der Waals surface area contributed by atoms with Crippen molar-refractivity contribution in [1.82, 2.24) is 10.2 Å². The topological polar surface area (TPSA) is 49.4 Å². The number of nitrogens with one attached hydrogen (secondary N) is 1. The molecule has 144 valence electrons. The summed E-state index contributed by atoms with van der Waals surface area (Å²) in [4.78, 5) is 27.3. The molecule has 0 aromatic heterocycles. The second-order valence-electron chi connectivity index (χ2n) is 7.07. The van der Waals surface area contributed by atoms with Gasteiger partial charge in [-0.3, -0.25) is 9.59 Å². The fourth-order valence-corrected chi connectivity index (χ4v) is 2.97. The highest BCUT2D eigenvalue weighted by molar-refractivity contribution is 5.97. The Hall–Kier alpha value is -2.62. The number of hydrogen-bond acceptors (Lipinski definition) is 2. The van der Waals surface area contributed by atoms with E-state index >= 15 is 0 Å². The first-order chi connectivity index (χ1) is 13.0. The van der Waals surface area contributed by atoms with E-state index in [-0.39, 0.29) is 17.7 Å². The van der Waals surface area contributed by atoms with Gasteiger partial charge in [0.05, 0.1) is 0 Å². The summed E-state index contributed by atoms with van der Waals surface area (Å²) >= 11 is 0. The molecule has 2 aromatic rings. The zero-order chi connectivity index (χ0) is 19.8. The number of likely N-dealkylation sites (N-methyl/N-ethyl adjacent to an activating group) is 1. The molecule has 2 atom stereocenters. The summed E-state index contributed by atoms with van der Waals surface area (Å²) < 4.78 is 0. The van der Waals surface area contributed by atoms with Crippen molar-refractivity contribution >= 4 is 11.8 Å². The van der Waals surface area contributed by atoms with E-state index < -0.39 is 6.04 Å². The molecule has 4 nitrogen and oxygen atoms in total. The van der Waals surface area contributed by atoms with Gasteiger partial charge in [-0.1, -0.05) is 69.7 Å². The number of carbonyl (C=O) groups is 2. The first kappa shape index (κ1) is 20.7. The Morgan fingerprint density at radius 2 is 1.56 bits per heavy atom. The maximum Gasteiger partial charge on any atom is 0.251 e. The van der Waals surface area contributed by atoms with Crippen molar-refractivity contribution in [3.05, 3.63) is 71.3 Å². The zero-order valence-electron chi connectivity index (χ0n) is 16.7. The summed E-state index contributed by atoms with van der Waals surface area (Å²) in [5, 5.41) is 2.94. The minimum Gasteiger partial charge on any atom is -0.340 e. The SMILES string of the molecule is CCc1ccc(CN(C)C(=O)[C@@H](NC(=O)c2ccccc2)[C@@H](C)CC)cc1. The monoisotopic (exact) mass is 366 g/mol. The van der Waals surface area contributed by atoms with Crippen LogP contribution < -0.4 is 5.32 Å². The lowest BCUT2D eigenvalue weighted by atomic mass is 9.97. The maximum absolute atomic E-state index is 13.0. The number of nitrogens with zero attached hydrogens (tertiary/aromatic N) is 1. The minimum atomic E-state index is -0.539. The molecule has 0 bridgehead atoms. The Labute approximate surface area is 162 Å². The molecule has 1 N–H and O–H groups in total. The number of hydrogen-bond donors (Lipinski definition) is 1. The summed E-state index contributed by atoms with van der Waals surface area (Å²) in [7, 11) is 1.79. The molecule has 2 amide bonds. The molecule has 2 aromatic carbocycles. The summed E-state index contributed by atoms with van der Waals surface area (Å²) in [5.74, 6) is -0.224. The number of benzene rings is 2. The third-order valence-corrected chi connectivity index (χ3v) is 5.03. The van der Waals surface area contributed by atoms with Crippen LogP contribution in [-0.2, 0) is 17.8 Å². The van der Waals surface area contributed by atoms with Crippen LogP contribution in [0.4, 0.5) is 0 Å². The molecular weight excluding hydrogens is 336 g/mol. The lowest BCUT2D eigenvalue weighted by Crippen LogP contribution is -2.50. The lowest BCUT2D eigenvalue weighted by molar-refractivity contribution is -0.133. The van der Waals surface area contributed by atoms with E-state index in [2.05, 4.69) is 36.5 Å². The summed E-state index contributed by atoms with van der Waals surface area (Å²) in [6.45, 7) is 6.68. The molecule has 0 aliphatic rings. The Morgan fingerprint density at radius 3 is 2.11 bits per heavy atom. The molecule has 0 aliphatic carbocycles. The fourth-order valence-electron chi connectivity index (χ4n) is 2.97. The first-order valence-corrected chi connectivity index (χ1v) is 9.64. The van der Waals surface area contributed by atoms with Crippen molar-refractivity contribution < 1.29 is 9.59 Å². The zero-order valence-corrected chi connectivity index (χ0v) is 16.7. The Balaban J connectivity index is 2.09. The van der Waals surface area contributed by atoms with E-state index in [9.17, 15) is 9.59 Å². The van der Waals surface area contributed by atoms with Gasteiger partial charge in [-0.25, -0.2) is 0 Å². The van der Waals surface area contributed by atoms with Gasteiger partial charge in [0.2, 0.25) is 5.91 Å². The van der Waals surface area contributed by atoms with Crippen LogP contribution in [0.1, 0.15) is 48.7 Å². The van der Waals surface area contributed by atoms with Crippen molar-refractivity contribution in [3.8, 4) is 0 Å². The highest BCUT2D eigenvalue weighted by atomic mass is 16.2. The van der Waals surface area contributed by atoms with Gasteiger partial charge in [0.15, 0.2) is 0 Å². The van der Waals surface area contributed by atoms with Crippen LogP contribution in [-0.4, -0.2) is 29.8 Å². The smallest absolute Gasteiger partial charge is 0.251 e. The minimum absolute atomic E-state index is 0.0510. The van der Waals surface area contributed by atoms with E-state index in [1.807, 2.05) is 32.0 Å². The Bertz CT molecular complexity index is 741. The lowest BCUT2D eigenvalue weighted by Gasteiger charge is -2.28. The van der Waals surface area contributed by atoms with Crippen molar-refractivity contribution in [1.29, 1.82) is 0 Å². The average Bonchev–Trinajstić information content (AvgIpc) is 2.71. The van der Waals surface area contributed by atoms with Gasteiger partial charge in [0.25, 0.3) is 5.91 Å². The van der Waals surface area contributed by atoms with Crippen molar-refractivity contribution in [2.45, 2.75) is 46.2 Å². The molecular formula is C23H30N2O2. The fraction of sp³-hybridized carbons (Fsp3) is 0.391. The predicted molar refractivity (Wildman–Crippen MR) is 109 cm³/mol. The molecule has 0 heterocycles. The van der Waals surface area contributed by atoms with Crippen LogP contribution in [0.2, 0.25) is 0 Å². The molecule has 0 fully saturated rings. The number of aryl methyl sites for hydroxylation is 1. The van der Waals surface area contributed by atoms with E-state index in [0.717, 1.165) is 18.4 Å². The molecule has 2 rings (SSSR count). The standard InChI is InChI=1S/C23H30N2O2/c1-5-17(3)21(24-22(26)20-10-8-7-9-11-20)23(27)25(4)16-19-14-12-18(6-2)13-15-19/h7-15,17,21H,5-6,16H2,1-4H3,(H,24,26)/t17-,21-/m0/s1. The average molecular weight is 367 g/mol. The summed E-state index contributed by atoms with van der Waals surface area (Å²) in [6, 6.07) is 16.8.